The number of hydrogen-bond donors (Lipinski definition) is 0. The minimum Gasteiger partial charge on any atom is -0.382 e. The molecule has 0 rings (SSSR count). The summed E-state index contributed by atoms with van der Waals surface area (Å²) in [5.41, 5.74) is 0. The highest BCUT2D eigenvalue weighted by atomic mass is 31.2. The zero-order chi connectivity index (χ0) is 11.0. The van der Waals surface area contributed by atoms with E-state index in [1.165, 1.54) is 28.4 Å². The van der Waals surface area contributed by atoms with Gasteiger partial charge in [-0.25, -0.2) is 4.57 Å². The van der Waals surface area contributed by atoms with Crippen molar-refractivity contribution in [3.05, 3.63) is 0 Å². The Hall–Kier alpha value is 0.0300. The maximum Gasteiger partial charge on any atom is 0.474 e. The van der Waals surface area contributed by atoms with Crippen molar-refractivity contribution in [2.75, 3.05) is 41.7 Å². The van der Waals surface area contributed by atoms with Crippen molar-refractivity contribution in [1.29, 1.82) is 0 Å². The van der Waals surface area contributed by atoms with Gasteiger partial charge < -0.3 is 9.47 Å². The van der Waals surface area contributed by atoms with Crippen LogP contribution in [0.25, 0.3) is 0 Å². The zero-order valence-corrected chi connectivity index (χ0v) is 9.78. The maximum absolute atomic E-state index is 11.4. The van der Waals surface area contributed by atoms with Crippen LogP contribution in [0.5, 0.6) is 0 Å². The molecular weight excluding hydrogens is 211 g/mol. The van der Waals surface area contributed by atoms with Gasteiger partial charge in [-0.2, -0.15) is 0 Å². The molecule has 0 aromatic carbocycles. The predicted octanol–water partition coefficient (Wildman–Crippen LogP) is 1.07. The second kappa shape index (κ2) is 7.34. The summed E-state index contributed by atoms with van der Waals surface area (Å²) in [6, 6.07) is 0. The van der Waals surface area contributed by atoms with Crippen LogP contribution in [0, 0.1) is 0 Å². The molecule has 0 spiro atoms. The van der Waals surface area contributed by atoms with Crippen molar-refractivity contribution in [3.8, 4) is 0 Å². The molecule has 0 saturated heterocycles. The van der Waals surface area contributed by atoms with E-state index in [0.717, 1.165) is 0 Å². The third-order valence-corrected chi connectivity index (χ3v) is 2.91. The first-order valence-corrected chi connectivity index (χ1v) is 5.45. The number of rotatable bonds is 8. The number of ether oxygens (including phenoxy) is 2. The van der Waals surface area contributed by atoms with E-state index in [9.17, 15) is 4.57 Å². The highest BCUT2D eigenvalue weighted by Gasteiger charge is 2.24. The summed E-state index contributed by atoms with van der Waals surface area (Å²) < 4.78 is 35.3. The Labute approximate surface area is 84.0 Å². The van der Waals surface area contributed by atoms with Crippen LogP contribution < -0.4 is 0 Å². The van der Waals surface area contributed by atoms with Gasteiger partial charge >= 0.3 is 7.82 Å². The predicted molar refractivity (Wildman–Crippen MR) is 50.2 cm³/mol. The zero-order valence-electron chi connectivity index (χ0n) is 8.89. The minimum absolute atomic E-state index is 0.0866. The molecule has 6 nitrogen and oxygen atoms in total. The van der Waals surface area contributed by atoms with Gasteiger partial charge in [0.2, 0.25) is 0 Å². The molecule has 0 aromatic heterocycles. The van der Waals surface area contributed by atoms with E-state index < -0.39 is 7.82 Å². The summed E-state index contributed by atoms with van der Waals surface area (Å²) >= 11 is 0. The maximum atomic E-state index is 11.4. The van der Waals surface area contributed by atoms with Gasteiger partial charge in [0, 0.05) is 28.4 Å². The summed E-state index contributed by atoms with van der Waals surface area (Å²) in [4.78, 5) is 0. The van der Waals surface area contributed by atoms with Gasteiger partial charge in [-0.1, -0.05) is 0 Å². The molecule has 1 unspecified atom stereocenters. The third-order valence-electron chi connectivity index (χ3n) is 1.55. The Morgan fingerprint density at radius 3 is 2.00 bits per heavy atom. The van der Waals surface area contributed by atoms with Crippen LogP contribution in [0.1, 0.15) is 0 Å². The van der Waals surface area contributed by atoms with Gasteiger partial charge in [0.05, 0.1) is 13.2 Å². The number of phosphoric acid groups is 1. The van der Waals surface area contributed by atoms with Crippen LogP contribution in [0.15, 0.2) is 0 Å². The fourth-order valence-corrected chi connectivity index (χ4v) is 1.43. The molecule has 0 radical (unpaired) electrons. The quantitative estimate of drug-likeness (QED) is 0.579. The Kier molecular flexibility index (Phi) is 7.35. The third kappa shape index (κ3) is 5.05. The van der Waals surface area contributed by atoms with Crippen LogP contribution in [-0.4, -0.2) is 47.8 Å². The SMILES string of the molecule is COCC(COP(=O)(OC)OC)OC. The first-order chi connectivity index (χ1) is 6.61. The summed E-state index contributed by atoms with van der Waals surface area (Å²) in [5, 5.41) is 0. The fraction of sp³-hybridized carbons (Fsp3) is 1.00. The Balaban J connectivity index is 3.94. The van der Waals surface area contributed by atoms with Gasteiger partial charge in [0.25, 0.3) is 0 Å². The van der Waals surface area contributed by atoms with Gasteiger partial charge in [-0.3, -0.25) is 13.6 Å². The Morgan fingerprint density at radius 1 is 1.07 bits per heavy atom. The molecule has 0 heterocycles. The molecule has 0 aliphatic carbocycles. The van der Waals surface area contributed by atoms with E-state index in [2.05, 4.69) is 9.05 Å². The molecule has 86 valence electrons. The summed E-state index contributed by atoms with van der Waals surface area (Å²) in [7, 11) is 2.15. The van der Waals surface area contributed by atoms with E-state index in [1.807, 2.05) is 0 Å². The van der Waals surface area contributed by atoms with Crippen LogP contribution in [0.4, 0.5) is 0 Å². The van der Waals surface area contributed by atoms with Crippen molar-refractivity contribution in [2.45, 2.75) is 6.10 Å². The number of phosphoric ester groups is 1. The lowest BCUT2D eigenvalue weighted by atomic mass is 10.4. The van der Waals surface area contributed by atoms with E-state index >= 15 is 0 Å². The topological polar surface area (TPSA) is 63.2 Å². The molecule has 0 saturated carbocycles. The van der Waals surface area contributed by atoms with E-state index in [4.69, 9.17) is 14.0 Å². The molecule has 0 bridgehead atoms. The van der Waals surface area contributed by atoms with Gasteiger partial charge in [-0.05, 0) is 0 Å². The molecule has 0 fully saturated rings. The lowest BCUT2D eigenvalue weighted by molar-refractivity contribution is -0.00811. The van der Waals surface area contributed by atoms with Gasteiger partial charge in [-0.15, -0.1) is 0 Å². The van der Waals surface area contributed by atoms with Crippen LogP contribution in [0.3, 0.4) is 0 Å². The smallest absolute Gasteiger partial charge is 0.382 e. The highest BCUT2D eigenvalue weighted by molar-refractivity contribution is 7.48. The van der Waals surface area contributed by atoms with Crippen molar-refractivity contribution in [3.63, 3.8) is 0 Å². The van der Waals surface area contributed by atoms with E-state index in [-0.39, 0.29) is 12.7 Å². The average Bonchev–Trinajstić information content (AvgIpc) is 2.23. The van der Waals surface area contributed by atoms with Crippen molar-refractivity contribution < 1.29 is 27.6 Å². The normalized spacial score (nSPS) is 14.3. The molecule has 0 aliphatic rings. The summed E-state index contributed by atoms with van der Waals surface area (Å²) in [5.74, 6) is 0. The molecule has 0 aliphatic heterocycles. The molecule has 14 heavy (non-hydrogen) atoms. The molecule has 0 amide bonds. The lowest BCUT2D eigenvalue weighted by Gasteiger charge is -2.18. The van der Waals surface area contributed by atoms with E-state index in [1.54, 1.807) is 0 Å². The Morgan fingerprint density at radius 2 is 1.64 bits per heavy atom. The van der Waals surface area contributed by atoms with Crippen LogP contribution in [-0.2, 0) is 27.6 Å². The molecule has 7 heteroatoms. The lowest BCUT2D eigenvalue weighted by Crippen LogP contribution is -2.23. The largest absolute Gasteiger partial charge is 0.474 e. The summed E-state index contributed by atoms with van der Waals surface area (Å²) in [6.45, 7) is 0.438. The Bertz CT molecular complexity index is 177. The first kappa shape index (κ1) is 14.0. The molecule has 1 atom stereocenters. The molecular formula is C7H17O6P. The highest BCUT2D eigenvalue weighted by Crippen LogP contribution is 2.47. The second-order valence-corrected chi connectivity index (χ2v) is 4.30. The minimum atomic E-state index is -3.41. The molecule has 0 aromatic rings. The van der Waals surface area contributed by atoms with E-state index in [0.29, 0.717) is 6.61 Å². The van der Waals surface area contributed by atoms with Crippen LogP contribution >= 0.6 is 7.82 Å². The summed E-state index contributed by atoms with van der Waals surface area (Å²) in [6.07, 6.45) is -0.293. The van der Waals surface area contributed by atoms with Gasteiger partial charge in [0.1, 0.15) is 6.10 Å². The van der Waals surface area contributed by atoms with Crippen molar-refractivity contribution >= 4 is 7.82 Å². The van der Waals surface area contributed by atoms with Crippen molar-refractivity contribution in [1.82, 2.24) is 0 Å². The first-order valence-electron chi connectivity index (χ1n) is 3.99. The van der Waals surface area contributed by atoms with Crippen LogP contribution in [0.2, 0.25) is 0 Å². The number of methoxy groups -OCH3 is 2. The second-order valence-electron chi connectivity index (χ2n) is 2.42. The molecule has 0 N–H and O–H groups in total. The van der Waals surface area contributed by atoms with Gasteiger partial charge in [0.15, 0.2) is 0 Å². The fourth-order valence-electron chi connectivity index (χ4n) is 0.724. The monoisotopic (exact) mass is 228 g/mol. The standard InChI is InChI=1S/C7H17O6P/c1-9-5-7(10-2)6-13-14(8,11-3)12-4/h7H,5-6H2,1-4H3. The van der Waals surface area contributed by atoms with Crippen molar-refractivity contribution in [2.24, 2.45) is 0 Å². The number of hydrogen-bond acceptors (Lipinski definition) is 6. The average molecular weight is 228 g/mol.